The third kappa shape index (κ3) is 6.67. The van der Waals surface area contributed by atoms with Gasteiger partial charge in [0.05, 0.1) is 13.0 Å². The number of hydrogen-bond acceptors (Lipinski definition) is 7. The molecule has 0 radical (unpaired) electrons. The van der Waals surface area contributed by atoms with Crippen LogP contribution < -0.4 is 16.4 Å². The van der Waals surface area contributed by atoms with Crippen molar-refractivity contribution in [3.8, 4) is 5.75 Å². The van der Waals surface area contributed by atoms with Crippen LogP contribution in [0.5, 0.6) is 5.75 Å². The first-order valence-electron chi connectivity index (χ1n) is 9.95. The van der Waals surface area contributed by atoms with E-state index in [4.69, 9.17) is 15.9 Å². The summed E-state index contributed by atoms with van der Waals surface area (Å²) < 4.78 is 0. The number of aliphatic carboxylic acids is 2. The number of benzene rings is 1. The lowest BCUT2D eigenvalue weighted by atomic mass is 10.0. The molecule has 1 aromatic rings. The van der Waals surface area contributed by atoms with Crippen molar-refractivity contribution in [2.45, 2.75) is 43.8 Å². The Hall–Kier alpha value is -3.67. The molecule has 1 aliphatic heterocycles. The SMILES string of the molecule is NCC(=O)NC(Cc1ccc(O)cc1)C(=O)N1CCCC1C(=O)NC(CC(=O)O)C(=O)O. The molecule has 1 heterocycles. The highest BCUT2D eigenvalue weighted by Gasteiger charge is 2.39. The number of phenolic OH excluding ortho intramolecular Hbond substituents is 1. The predicted molar refractivity (Wildman–Crippen MR) is 109 cm³/mol. The van der Waals surface area contributed by atoms with Crippen LogP contribution in [0.3, 0.4) is 0 Å². The average Bonchev–Trinajstić information content (AvgIpc) is 3.23. The lowest BCUT2D eigenvalue weighted by molar-refractivity contribution is -0.148. The van der Waals surface area contributed by atoms with Crippen molar-refractivity contribution in [1.29, 1.82) is 0 Å². The first-order valence-corrected chi connectivity index (χ1v) is 9.95. The van der Waals surface area contributed by atoms with Crippen molar-refractivity contribution in [2.24, 2.45) is 5.73 Å². The zero-order valence-corrected chi connectivity index (χ0v) is 17.2. The highest BCUT2D eigenvalue weighted by Crippen LogP contribution is 2.20. The van der Waals surface area contributed by atoms with Crippen molar-refractivity contribution in [2.75, 3.05) is 13.1 Å². The standard InChI is InChI=1S/C20H26N4O8/c21-10-16(26)22-13(8-11-3-5-12(25)6-4-11)19(30)24-7-1-2-15(24)18(29)23-14(20(31)32)9-17(27)28/h3-6,13-15,25H,1-2,7-10,21H2,(H,22,26)(H,23,29)(H,27,28)(H,31,32). The second-order valence-electron chi connectivity index (χ2n) is 7.38. The Balaban J connectivity index is 2.18. The van der Waals surface area contributed by atoms with E-state index in [0.29, 0.717) is 12.0 Å². The number of nitrogens with one attached hydrogen (secondary N) is 2. The van der Waals surface area contributed by atoms with Crippen molar-refractivity contribution in [3.05, 3.63) is 29.8 Å². The summed E-state index contributed by atoms with van der Waals surface area (Å²) >= 11 is 0. The van der Waals surface area contributed by atoms with E-state index in [9.17, 15) is 29.1 Å². The number of phenols is 1. The molecule has 174 valence electrons. The number of likely N-dealkylation sites (tertiary alicyclic amines) is 1. The summed E-state index contributed by atoms with van der Waals surface area (Å²) in [5, 5.41) is 32.1. The van der Waals surface area contributed by atoms with Crippen molar-refractivity contribution in [1.82, 2.24) is 15.5 Å². The van der Waals surface area contributed by atoms with Crippen LogP contribution in [0.1, 0.15) is 24.8 Å². The second kappa shape index (κ2) is 11.1. The van der Waals surface area contributed by atoms with Gasteiger partial charge in [0.2, 0.25) is 17.7 Å². The Morgan fingerprint density at radius 2 is 1.72 bits per heavy atom. The second-order valence-corrected chi connectivity index (χ2v) is 7.38. The van der Waals surface area contributed by atoms with Gasteiger partial charge in [0, 0.05) is 13.0 Å². The van der Waals surface area contributed by atoms with Gasteiger partial charge in [-0.3, -0.25) is 19.2 Å². The fourth-order valence-electron chi connectivity index (χ4n) is 3.47. The lowest BCUT2D eigenvalue weighted by Gasteiger charge is -2.29. The maximum absolute atomic E-state index is 13.2. The van der Waals surface area contributed by atoms with Crippen LogP contribution in [-0.4, -0.2) is 81.1 Å². The maximum Gasteiger partial charge on any atom is 0.326 e. The molecule has 2 rings (SSSR count). The predicted octanol–water partition coefficient (Wildman–Crippen LogP) is -1.59. The summed E-state index contributed by atoms with van der Waals surface area (Å²) in [4.78, 5) is 61.1. The number of aromatic hydroxyl groups is 1. The van der Waals surface area contributed by atoms with E-state index in [1.54, 1.807) is 12.1 Å². The normalized spacial score (nSPS) is 17.3. The van der Waals surface area contributed by atoms with Gasteiger partial charge < -0.3 is 36.6 Å². The van der Waals surface area contributed by atoms with Crippen LogP contribution in [0.2, 0.25) is 0 Å². The summed E-state index contributed by atoms with van der Waals surface area (Å²) in [7, 11) is 0. The van der Waals surface area contributed by atoms with Gasteiger partial charge in [-0.15, -0.1) is 0 Å². The number of nitrogens with zero attached hydrogens (tertiary/aromatic N) is 1. The fourth-order valence-corrected chi connectivity index (χ4v) is 3.47. The van der Waals surface area contributed by atoms with Gasteiger partial charge in [-0.1, -0.05) is 12.1 Å². The molecule has 0 spiro atoms. The van der Waals surface area contributed by atoms with Crippen molar-refractivity contribution in [3.63, 3.8) is 0 Å². The molecule has 7 N–H and O–H groups in total. The maximum atomic E-state index is 13.2. The number of nitrogens with two attached hydrogens (primary N) is 1. The summed E-state index contributed by atoms with van der Waals surface area (Å²) in [5.41, 5.74) is 5.99. The molecule has 12 nitrogen and oxygen atoms in total. The van der Waals surface area contributed by atoms with E-state index in [1.165, 1.54) is 17.0 Å². The number of rotatable bonds is 10. The van der Waals surface area contributed by atoms with Crippen LogP contribution in [-0.2, 0) is 30.4 Å². The molecule has 3 unspecified atom stereocenters. The van der Waals surface area contributed by atoms with E-state index in [2.05, 4.69) is 10.6 Å². The Labute approximate surface area is 183 Å². The molecular weight excluding hydrogens is 424 g/mol. The van der Waals surface area contributed by atoms with Crippen LogP contribution >= 0.6 is 0 Å². The fraction of sp³-hybridized carbons (Fsp3) is 0.450. The smallest absolute Gasteiger partial charge is 0.326 e. The van der Waals surface area contributed by atoms with Crippen LogP contribution in [0, 0.1) is 0 Å². The molecule has 0 aliphatic carbocycles. The summed E-state index contributed by atoms with van der Waals surface area (Å²) in [6.45, 7) is -0.142. The number of carbonyl (C=O) groups is 5. The van der Waals surface area contributed by atoms with Gasteiger partial charge in [0.15, 0.2) is 0 Å². The first kappa shape index (κ1) is 24.6. The highest BCUT2D eigenvalue weighted by atomic mass is 16.4. The largest absolute Gasteiger partial charge is 0.508 e. The molecule has 12 heteroatoms. The third-order valence-corrected chi connectivity index (χ3v) is 5.03. The topological polar surface area (TPSA) is 199 Å². The van der Waals surface area contributed by atoms with Gasteiger partial charge in [0.25, 0.3) is 0 Å². The van der Waals surface area contributed by atoms with Crippen molar-refractivity contribution >= 4 is 29.7 Å². The van der Waals surface area contributed by atoms with Crippen molar-refractivity contribution < 1.29 is 39.3 Å². The summed E-state index contributed by atoms with van der Waals surface area (Å²) in [5.74, 6) is -4.77. The first-order chi connectivity index (χ1) is 15.1. The van der Waals surface area contributed by atoms with E-state index < -0.39 is 54.2 Å². The minimum Gasteiger partial charge on any atom is -0.508 e. The van der Waals surface area contributed by atoms with Gasteiger partial charge in [-0.2, -0.15) is 0 Å². The zero-order valence-electron chi connectivity index (χ0n) is 17.2. The number of hydrogen-bond donors (Lipinski definition) is 6. The Morgan fingerprint density at radius 1 is 1.06 bits per heavy atom. The summed E-state index contributed by atoms with van der Waals surface area (Å²) in [6, 6.07) is 2.35. The van der Waals surface area contributed by atoms with Crippen LogP contribution in [0.4, 0.5) is 0 Å². The highest BCUT2D eigenvalue weighted by molar-refractivity contribution is 5.94. The van der Waals surface area contributed by atoms with E-state index in [0.717, 1.165) is 0 Å². The number of amides is 3. The molecule has 3 amide bonds. The third-order valence-electron chi connectivity index (χ3n) is 5.03. The minimum absolute atomic E-state index is 0.0354. The zero-order chi connectivity index (χ0) is 23.8. The van der Waals surface area contributed by atoms with Gasteiger partial charge >= 0.3 is 11.9 Å². The lowest BCUT2D eigenvalue weighted by Crippen LogP contribution is -2.56. The molecule has 0 aromatic heterocycles. The van der Waals surface area contributed by atoms with Gasteiger partial charge in [-0.25, -0.2) is 4.79 Å². The number of carboxylic acids is 2. The molecule has 3 atom stereocenters. The van der Waals surface area contributed by atoms with Crippen LogP contribution in [0.25, 0.3) is 0 Å². The molecule has 32 heavy (non-hydrogen) atoms. The van der Waals surface area contributed by atoms with Gasteiger partial charge in [0.1, 0.15) is 23.9 Å². The Kier molecular flexibility index (Phi) is 8.53. The molecule has 1 fully saturated rings. The van der Waals surface area contributed by atoms with E-state index in [-0.39, 0.29) is 31.7 Å². The molecule has 1 aliphatic rings. The molecule has 1 aromatic carbocycles. The van der Waals surface area contributed by atoms with E-state index >= 15 is 0 Å². The molecule has 0 saturated carbocycles. The monoisotopic (exact) mass is 450 g/mol. The number of carbonyl (C=O) groups excluding carboxylic acids is 3. The Bertz CT molecular complexity index is 873. The molecular formula is C20H26N4O8. The average molecular weight is 450 g/mol. The summed E-state index contributed by atoms with van der Waals surface area (Å²) in [6.07, 6.45) is -0.00472. The minimum atomic E-state index is -1.64. The quantitative estimate of drug-likeness (QED) is 0.243. The van der Waals surface area contributed by atoms with E-state index in [1.807, 2.05) is 0 Å². The van der Waals surface area contributed by atoms with Gasteiger partial charge in [-0.05, 0) is 30.5 Å². The van der Waals surface area contributed by atoms with Crippen LogP contribution in [0.15, 0.2) is 24.3 Å². The molecule has 0 bridgehead atoms. The Morgan fingerprint density at radius 3 is 2.28 bits per heavy atom. The number of carboxylic acid groups (broad SMARTS) is 2. The molecule has 1 saturated heterocycles.